The quantitative estimate of drug-likeness (QED) is 0.0968. The number of hydrogen-bond acceptors (Lipinski definition) is 2. The summed E-state index contributed by atoms with van der Waals surface area (Å²) in [6.07, 6.45) is 0. The average Bonchev–Trinajstić information content (AvgIpc) is 3.37. The molecule has 9 aromatic carbocycles. The standard InChI is InChI=1S/2C24H20As.C8H2Cl2N4/c2*1-5-13-21(14-6-1)25(22-15-7-2-8-16-22,23-17-9-3-10-18-23)24-19-11-4-12-20-24;9-5-1-7(13-3-11)6(10)2-8(5)14-4-12/h2*1-20H;1-2H/q2*+1;-2. The Morgan fingerprint density at radius 1 is 0.281 bits per heavy atom. The molecule has 0 unspecified atom stereocenters. The van der Waals surface area contributed by atoms with Gasteiger partial charge in [-0.15, -0.1) is 0 Å². The zero-order valence-electron chi connectivity index (χ0n) is 34.7. The average molecular weight is 992 g/mol. The fraction of sp³-hybridized carbons (Fsp3) is 0. The van der Waals surface area contributed by atoms with Crippen molar-refractivity contribution < 1.29 is 0 Å². The molecule has 0 N–H and O–H groups in total. The molecule has 0 aromatic heterocycles. The molecule has 0 aliphatic carbocycles. The van der Waals surface area contributed by atoms with E-state index in [1.807, 2.05) is 0 Å². The van der Waals surface area contributed by atoms with Gasteiger partial charge in [-0.2, -0.15) is 12.0 Å². The molecule has 0 saturated carbocycles. The van der Waals surface area contributed by atoms with E-state index in [0.717, 1.165) is 0 Å². The van der Waals surface area contributed by atoms with Gasteiger partial charge in [0.1, 0.15) is 0 Å². The maximum absolute atomic E-state index is 8.31. The van der Waals surface area contributed by atoms with E-state index in [4.69, 9.17) is 34.0 Å². The molecule has 0 bridgehead atoms. The van der Waals surface area contributed by atoms with E-state index in [1.54, 1.807) is 12.0 Å². The van der Waals surface area contributed by atoms with Gasteiger partial charge < -0.3 is 20.8 Å². The first-order valence-corrected chi connectivity index (χ1v) is 28.7. The van der Waals surface area contributed by atoms with Crippen molar-refractivity contribution in [3.8, 4) is 0 Å². The van der Waals surface area contributed by atoms with E-state index >= 15 is 0 Å². The van der Waals surface area contributed by atoms with Gasteiger partial charge in [-0.25, -0.2) is 0 Å². The minimum absolute atomic E-state index is 0.227. The number of hydrogen-bond donors (Lipinski definition) is 0. The van der Waals surface area contributed by atoms with Crippen molar-refractivity contribution in [2.45, 2.75) is 0 Å². The number of nitrogens with zero attached hydrogens (tertiary/aromatic N) is 4. The van der Waals surface area contributed by atoms with Gasteiger partial charge in [0.2, 0.25) is 0 Å². The Bertz CT molecular complexity index is 2400. The Balaban J connectivity index is 0.000000150. The topological polar surface area (TPSA) is 69.3 Å². The third kappa shape index (κ3) is 10.1. The van der Waals surface area contributed by atoms with Crippen molar-refractivity contribution in [1.82, 2.24) is 0 Å². The molecule has 0 aliphatic heterocycles. The second kappa shape index (κ2) is 22.7. The number of benzene rings is 9. The summed E-state index contributed by atoms with van der Waals surface area (Å²) in [5.41, 5.74) is 0.520. The van der Waals surface area contributed by atoms with Crippen molar-refractivity contribution in [3.05, 3.63) is 276 Å². The summed E-state index contributed by atoms with van der Waals surface area (Å²) >= 11 is 5.95. The van der Waals surface area contributed by atoms with Gasteiger partial charge in [-0.1, -0.05) is 23.2 Å². The predicted molar refractivity (Wildman–Crippen MR) is 277 cm³/mol. The summed E-state index contributed by atoms with van der Waals surface area (Å²) < 4.78 is 11.6. The van der Waals surface area contributed by atoms with E-state index in [1.165, 1.54) is 46.9 Å². The molecule has 0 heterocycles. The van der Waals surface area contributed by atoms with Crippen LogP contribution in [-0.2, 0) is 0 Å². The van der Waals surface area contributed by atoms with E-state index in [2.05, 4.69) is 253 Å². The van der Waals surface area contributed by atoms with Crippen molar-refractivity contribution in [3.63, 3.8) is 0 Å². The summed E-state index contributed by atoms with van der Waals surface area (Å²) in [6, 6.07) is 94.3. The Kier molecular flexibility index (Phi) is 16.1. The van der Waals surface area contributed by atoms with Gasteiger partial charge >= 0.3 is 305 Å². The Morgan fingerprint density at radius 2 is 0.438 bits per heavy atom. The fourth-order valence-electron chi connectivity index (χ4n) is 7.81. The first kappa shape index (κ1) is 45.5. The second-order valence-corrected chi connectivity index (χ2v) is 29.3. The van der Waals surface area contributed by atoms with Gasteiger partial charge in [-0.3, -0.25) is 0 Å². The zero-order chi connectivity index (χ0) is 44.5. The molecule has 0 spiro atoms. The van der Waals surface area contributed by atoms with Crippen LogP contribution < -0.4 is 34.8 Å². The van der Waals surface area contributed by atoms with Crippen LogP contribution in [0.5, 0.6) is 0 Å². The molecule has 9 aromatic rings. The van der Waals surface area contributed by atoms with E-state index < -0.39 is 27.1 Å². The van der Waals surface area contributed by atoms with Crippen LogP contribution in [0.1, 0.15) is 0 Å². The van der Waals surface area contributed by atoms with Gasteiger partial charge in [-0.05, 0) is 23.5 Å². The third-order valence-corrected chi connectivity index (χ3v) is 29.1. The molecule has 0 amide bonds. The molecule has 310 valence electrons. The van der Waals surface area contributed by atoms with Crippen molar-refractivity contribution >= 4 is 109 Å². The molecule has 9 rings (SSSR count). The molecule has 0 fully saturated rings. The normalized spacial score (nSPS) is 10.7. The molecular formula is C56H42As2Cl2N4. The Morgan fingerprint density at radius 3 is 0.578 bits per heavy atom. The number of halogens is 2. The molecule has 0 radical (unpaired) electrons. The molecule has 0 aliphatic rings. The predicted octanol–water partition coefficient (Wildman–Crippen LogP) is 9.87. The van der Waals surface area contributed by atoms with E-state index in [0.29, 0.717) is 0 Å². The van der Waals surface area contributed by atoms with Gasteiger partial charge in [0.05, 0.1) is 0 Å². The molecule has 0 atom stereocenters. The molecule has 0 saturated heterocycles. The van der Waals surface area contributed by atoms with Crippen LogP contribution >= 0.6 is 23.2 Å². The van der Waals surface area contributed by atoms with Gasteiger partial charge in [0.15, 0.2) is 0 Å². The van der Waals surface area contributed by atoms with Crippen LogP contribution in [0.2, 0.25) is 10.0 Å². The van der Waals surface area contributed by atoms with Crippen molar-refractivity contribution in [2.75, 3.05) is 0 Å². The number of aliphatic imine (C=N–C) groups is 2. The van der Waals surface area contributed by atoms with Crippen molar-refractivity contribution in [1.29, 1.82) is 0 Å². The van der Waals surface area contributed by atoms with Crippen LogP contribution in [0.4, 0.5) is 11.4 Å². The molecule has 64 heavy (non-hydrogen) atoms. The van der Waals surface area contributed by atoms with Crippen LogP contribution in [0.25, 0.3) is 10.8 Å². The summed E-state index contributed by atoms with van der Waals surface area (Å²) in [6.45, 7) is 0. The van der Waals surface area contributed by atoms with E-state index in [-0.39, 0.29) is 21.4 Å². The monoisotopic (exact) mass is 990 g/mol. The van der Waals surface area contributed by atoms with Gasteiger partial charge in [0, 0.05) is 10.0 Å². The Labute approximate surface area is 391 Å². The van der Waals surface area contributed by atoms with Crippen LogP contribution in [0.3, 0.4) is 0 Å². The Hall–Kier alpha value is -6.56. The van der Waals surface area contributed by atoms with Crippen LogP contribution in [-0.4, -0.2) is 39.1 Å². The van der Waals surface area contributed by atoms with E-state index in [9.17, 15) is 0 Å². The fourth-order valence-corrected chi connectivity index (χ4v) is 26.1. The zero-order valence-corrected chi connectivity index (χ0v) is 40.0. The third-order valence-electron chi connectivity index (χ3n) is 10.5. The summed E-state index contributed by atoms with van der Waals surface area (Å²) in [5.74, 6) is 0. The summed E-state index contributed by atoms with van der Waals surface area (Å²) in [7, 11) is 0. The first-order chi connectivity index (χ1) is 31.5. The molecule has 4 nitrogen and oxygen atoms in total. The van der Waals surface area contributed by atoms with Crippen LogP contribution in [0, 0.1) is 0 Å². The second-order valence-electron chi connectivity index (χ2n) is 14.2. The minimum atomic E-state index is -2.77. The summed E-state index contributed by atoms with van der Waals surface area (Å²) in [5, 5.41) is 17.1. The molecule has 8 heteroatoms. The first-order valence-electron chi connectivity index (χ1n) is 20.4. The maximum atomic E-state index is 8.31. The number of rotatable bonds is 10. The molecular weight excluding hydrogens is 949 g/mol. The van der Waals surface area contributed by atoms with Crippen LogP contribution in [0.15, 0.2) is 265 Å². The van der Waals surface area contributed by atoms with Gasteiger partial charge in [0.25, 0.3) is 0 Å². The van der Waals surface area contributed by atoms with Crippen molar-refractivity contribution in [2.24, 2.45) is 9.98 Å². The SMILES string of the molecule is [N-]=C=Nc1cc(Cl)c(N=C=[N-])cc1Cl.c1ccc([As+](c2ccccc2)(c2ccccc2)c2ccccc2)cc1.c1ccc([As+](c2ccccc2)(c2ccccc2)c2ccccc2)cc1. The summed E-state index contributed by atoms with van der Waals surface area (Å²) in [4.78, 5) is 6.87.